The van der Waals surface area contributed by atoms with Gasteiger partial charge in [-0.25, -0.2) is 4.79 Å². The van der Waals surface area contributed by atoms with Crippen LogP contribution in [0.4, 0.5) is 0 Å². The third kappa shape index (κ3) is 1.76. The summed E-state index contributed by atoms with van der Waals surface area (Å²) < 4.78 is 5.31. The van der Waals surface area contributed by atoms with Crippen molar-refractivity contribution in [2.45, 2.75) is 44.5 Å². The van der Waals surface area contributed by atoms with E-state index in [-0.39, 0.29) is 25.0 Å². The van der Waals surface area contributed by atoms with Crippen LogP contribution in [0.2, 0.25) is 0 Å². The van der Waals surface area contributed by atoms with Gasteiger partial charge in [-0.3, -0.25) is 0 Å². The number of hydrogen-bond acceptors (Lipinski definition) is 3. The highest BCUT2D eigenvalue weighted by Crippen LogP contribution is 2.28. The van der Waals surface area contributed by atoms with Crippen LogP contribution in [0.1, 0.15) is 26.7 Å². The Morgan fingerprint density at radius 2 is 1.83 bits per heavy atom. The van der Waals surface area contributed by atoms with Gasteiger partial charge in [-0.2, -0.15) is 0 Å². The zero-order chi connectivity index (χ0) is 9.35. The zero-order valence-corrected chi connectivity index (χ0v) is 7.28. The Labute approximate surface area is 71.2 Å². The van der Waals surface area contributed by atoms with Crippen LogP contribution < -0.4 is 0 Å². The molecule has 2 N–H and O–H groups in total. The standard InChI is InChI=1S/C8H14O4/c1-5-3-8(11,7(9)10)4-6(2)12-5/h5-6,11H,3-4H2,1-2H3,(H,9,10). The Bertz CT molecular complexity index is 179. The second-order valence-corrected chi connectivity index (χ2v) is 3.50. The molecule has 0 amide bonds. The van der Waals surface area contributed by atoms with E-state index in [2.05, 4.69) is 0 Å². The van der Waals surface area contributed by atoms with Crippen molar-refractivity contribution in [2.75, 3.05) is 0 Å². The minimum atomic E-state index is -1.59. The van der Waals surface area contributed by atoms with Crippen molar-refractivity contribution in [3.05, 3.63) is 0 Å². The smallest absolute Gasteiger partial charge is 0.335 e. The minimum absolute atomic E-state index is 0.173. The molecule has 0 saturated carbocycles. The van der Waals surface area contributed by atoms with E-state index in [0.717, 1.165) is 0 Å². The van der Waals surface area contributed by atoms with Crippen LogP contribution in [-0.2, 0) is 9.53 Å². The van der Waals surface area contributed by atoms with E-state index in [1.54, 1.807) is 13.8 Å². The number of ether oxygens (including phenoxy) is 1. The van der Waals surface area contributed by atoms with Crippen LogP contribution >= 0.6 is 0 Å². The summed E-state index contributed by atoms with van der Waals surface area (Å²) in [6.07, 6.45) is -0.0241. The summed E-state index contributed by atoms with van der Waals surface area (Å²) in [6, 6.07) is 0. The SMILES string of the molecule is CC1CC(O)(C(=O)O)CC(C)O1. The second kappa shape index (κ2) is 3.03. The maximum absolute atomic E-state index is 10.7. The lowest BCUT2D eigenvalue weighted by Gasteiger charge is -2.35. The predicted octanol–water partition coefficient (Wildman–Crippen LogP) is 0.389. The van der Waals surface area contributed by atoms with Crippen molar-refractivity contribution in [3.8, 4) is 0 Å². The molecule has 0 bridgehead atoms. The van der Waals surface area contributed by atoms with Gasteiger partial charge in [0, 0.05) is 12.8 Å². The lowest BCUT2D eigenvalue weighted by atomic mass is 9.88. The Morgan fingerprint density at radius 1 is 1.42 bits per heavy atom. The fourth-order valence-corrected chi connectivity index (χ4v) is 1.70. The first-order chi connectivity index (χ1) is 5.44. The largest absolute Gasteiger partial charge is 0.479 e. The Morgan fingerprint density at radius 3 is 2.17 bits per heavy atom. The second-order valence-electron chi connectivity index (χ2n) is 3.50. The fraction of sp³-hybridized carbons (Fsp3) is 0.875. The monoisotopic (exact) mass is 174 g/mol. The highest BCUT2D eigenvalue weighted by molar-refractivity contribution is 5.77. The van der Waals surface area contributed by atoms with E-state index < -0.39 is 11.6 Å². The van der Waals surface area contributed by atoms with Crippen LogP contribution in [-0.4, -0.2) is 34.0 Å². The Kier molecular flexibility index (Phi) is 2.39. The molecule has 1 aliphatic rings. The molecular weight excluding hydrogens is 160 g/mol. The highest BCUT2D eigenvalue weighted by atomic mass is 16.5. The molecule has 1 saturated heterocycles. The van der Waals surface area contributed by atoms with Gasteiger partial charge in [0.2, 0.25) is 0 Å². The van der Waals surface area contributed by atoms with E-state index in [1.807, 2.05) is 0 Å². The molecule has 0 aromatic heterocycles. The van der Waals surface area contributed by atoms with Crippen molar-refractivity contribution in [1.29, 1.82) is 0 Å². The normalized spacial score (nSPS) is 42.6. The van der Waals surface area contributed by atoms with Gasteiger partial charge in [0.1, 0.15) is 0 Å². The average molecular weight is 174 g/mol. The molecule has 2 unspecified atom stereocenters. The molecule has 0 aliphatic carbocycles. The van der Waals surface area contributed by atoms with Gasteiger partial charge in [-0.1, -0.05) is 0 Å². The molecule has 12 heavy (non-hydrogen) atoms. The van der Waals surface area contributed by atoms with Gasteiger partial charge in [-0.05, 0) is 13.8 Å². The fourth-order valence-electron chi connectivity index (χ4n) is 1.70. The molecule has 1 heterocycles. The van der Waals surface area contributed by atoms with Crippen molar-refractivity contribution in [3.63, 3.8) is 0 Å². The molecule has 2 atom stereocenters. The Balaban J connectivity index is 2.71. The van der Waals surface area contributed by atoms with E-state index >= 15 is 0 Å². The highest BCUT2D eigenvalue weighted by Gasteiger charge is 2.43. The lowest BCUT2D eigenvalue weighted by molar-refractivity contribution is -0.181. The summed E-state index contributed by atoms with van der Waals surface area (Å²) in [4.78, 5) is 10.7. The average Bonchev–Trinajstić information content (AvgIpc) is 1.82. The lowest BCUT2D eigenvalue weighted by Crippen LogP contribution is -2.49. The zero-order valence-electron chi connectivity index (χ0n) is 7.28. The topological polar surface area (TPSA) is 66.8 Å². The maximum atomic E-state index is 10.7. The number of carboxylic acids is 1. The molecule has 0 aromatic carbocycles. The molecule has 4 heteroatoms. The van der Waals surface area contributed by atoms with Gasteiger partial charge < -0.3 is 14.9 Å². The molecule has 1 fully saturated rings. The number of carboxylic acid groups (broad SMARTS) is 1. The summed E-state index contributed by atoms with van der Waals surface area (Å²) in [6.45, 7) is 3.53. The van der Waals surface area contributed by atoms with Crippen LogP contribution in [0.3, 0.4) is 0 Å². The maximum Gasteiger partial charge on any atom is 0.335 e. The van der Waals surface area contributed by atoms with E-state index in [0.29, 0.717) is 0 Å². The van der Waals surface area contributed by atoms with Gasteiger partial charge in [-0.15, -0.1) is 0 Å². The molecule has 4 nitrogen and oxygen atoms in total. The van der Waals surface area contributed by atoms with Crippen LogP contribution in [0.25, 0.3) is 0 Å². The molecule has 1 aliphatic heterocycles. The molecule has 0 aromatic rings. The molecule has 1 rings (SSSR count). The van der Waals surface area contributed by atoms with Crippen molar-refractivity contribution in [2.24, 2.45) is 0 Å². The molecular formula is C8H14O4. The molecule has 0 spiro atoms. The summed E-state index contributed by atoms with van der Waals surface area (Å²) >= 11 is 0. The van der Waals surface area contributed by atoms with Gasteiger partial charge in [0.25, 0.3) is 0 Å². The van der Waals surface area contributed by atoms with Crippen LogP contribution in [0.15, 0.2) is 0 Å². The summed E-state index contributed by atoms with van der Waals surface area (Å²) in [7, 11) is 0. The van der Waals surface area contributed by atoms with E-state index in [9.17, 15) is 9.90 Å². The van der Waals surface area contributed by atoms with E-state index in [1.165, 1.54) is 0 Å². The number of aliphatic carboxylic acids is 1. The third-order valence-corrected chi connectivity index (χ3v) is 2.11. The number of rotatable bonds is 1. The summed E-state index contributed by atoms with van der Waals surface area (Å²) in [5.41, 5.74) is -1.59. The summed E-state index contributed by atoms with van der Waals surface area (Å²) in [5, 5.41) is 18.3. The predicted molar refractivity (Wildman–Crippen MR) is 41.8 cm³/mol. The third-order valence-electron chi connectivity index (χ3n) is 2.11. The van der Waals surface area contributed by atoms with Gasteiger partial charge in [0.15, 0.2) is 5.60 Å². The quantitative estimate of drug-likeness (QED) is 0.603. The number of aliphatic hydroxyl groups is 1. The Hall–Kier alpha value is -0.610. The van der Waals surface area contributed by atoms with E-state index in [4.69, 9.17) is 9.84 Å². The van der Waals surface area contributed by atoms with Crippen LogP contribution in [0.5, 0.6) is 0 Å². The summed E-state index contributed by atoms with van der Waals surface area (Å²) in [5.74, 6) is -1.15. The van der Waals surface area contributed by atoms with Crippen molar-refractivity contribution >= 4 is 5.97 Å². The van der Waals surface area contributed by atoms with Gasteiger partial charge >= 0.3 is 5.97 Å². The van der Waals surface area contributed by atoms with Crippen molar-refractivity contribution in [1.82, 2.24) is 0 Å². The van der Waals surface area contributed by atoms with Gasteiger partial charge in [0.05, 0.1) is 12.2 Å². The minimum Gasteiger partial charge on any atom is -0.479 e. The van der Waals surface area contributed by atoms with Crippen molar-refractivity contribution < 1.29 is 19.7 Å². The number of hydrogen-bond donors (Lipinski definition) is 2. The molecule has 0 radical (unpaired) electrons. The van der Waals surface area contributed by atoms with Crippen LogP contribution in [0, 0.1) is 0 Å². The first-order valence-corrected chi connectivity index (χ1v) is 4.05. The molecule has 70 valence electrons. The first-order valence-electron chi connectivity index (χ1n) is 4.05. The first kappa shape index (κ1) is 9.48. The number of carbonyl (C=O) groups is 1.